The molecule has 7 nitrogen and oxygen atoms in total. The Hall–Kier alpha value is -0.610. The number of carbonyl (C=O) groups is 1. The van der Waals surface area contributed by atoms with Crippen LogP contribution in [0.4, 0.5) is 0 Å². The maximum atomic E-state index is 11.8. The number of aliphatic imine (C=N–C) groups is 1. The molecule has 2 fully saturated rings. The van der Waals surface area contributed by atoms with Crippen LogP contribution >= 0.6 is 24.0 Å². The van der Waals surface area contributed by atoms with Crippen LogP contribution < -0.4 is 5.32 Å². The third kappa shape index (κ3) is 8.95. The van der Waals surface area contributed by atoms with Crippen LogP contribution in [0.2, 0.25) is 0 Å². The minimum absolute atomic E-state index is 0. The number of nitrogens with zero attached hydrogens (tertiary/aromatic N) is 3. The third-order valence-corrected chi connectivity index (χ3v) is 4.93. The first kappa shape index (κ1) is 24.4. The van der Waals surface area contributed by atoms with Crippen molar-refractivity contribution >= 4 is 35.8 Å². The number of rotatable bonds is 7. The van der Waals surface area contributed by atoms with E-state index in [1.165, 1.54) is 12.8 Å². The molecule has 0 radical (unpaired) electrons. The number of carbonyl (C=O) groups excluding carboxylic acids is 1. The fourth-order valence-corrected chi connectivity index (χ4v) is 3.20. The Kier molecular flexibility index (Phi) is 12.3. The summed E-state index contributed by atoms with van der Waals surface area (Å²) in [5.41, 5.74) is 0. The summed E-state index contributed by atoms with van der Waals surface area (Å²) >= 11 is 0. The minimum atomic E-state index is 0. The van der Waals surface area contributed by atoms with Crippen molar-refractivity contribution in [2.45, 2.75) is 57.7 Å². The number of hydrogen-bond donors (Lipinski definition) is 1. The first-order valence-electron chi connectivity index (χ1n) is 10.1. The van der Waals surface area contributed by atoms with E-state index in [-0.39, 0.29) is 42.5 Å². The Morgan fingerprint density at radius 3 is 2.59 bits per heavy atom. The van der Waals surface area contributed by atoms with E-state index in [1.54, 1.807) is 19.0 Å². The summed E-state index contributed by atoms with van der Waals surface area (Å²) in [6.45, 7) is 6.59. The topological polar surface area (TPSA) is 66.4 Å². The lowest BCUT2D eigenvalue weighted by atomic mass is 10.1. The molecule has 2 saturated heterocycles. The van der Waals surface area contributed by atoms with Gasteiger partial charge >= 0.3 is 0 Å². The highest BCUT2D eigenvalue weighted by atomic mass is 127. The number of hydrogen-bond acceptors (Lipinski definition) is 4. The minimum Gasteiger partial charge on any atom is -0.376 e. The fraction of sp³-hybridized carbons (Fsp3) is 0.895. The molecular weight excluding hydrogens is 459 g/mol. The Morgan fingerprint density at radius 2 is 2.00 bits per heavy atom. The Morgan fingerprint density at radius 1 is 1.26 bits per heavy atom. The number of amides is 1. The molecule has 2 heterocycles. The number of ether oxygens (including phenoxy) is 2. The van der Waals surface area contributed by atoms with Crippen molar-refractivity contribution in [1.29, 1.82) is 0 Å². The highest BCUT2D eigenvalue weighted by Gasteiger charge is 2.24. The molecule has 1 N–H and O–H groups in total. The van der Waals surface area contributed by atoms with Crippen LogP contribution in [0.3, 0.4) is 0 Å². The van der Waals surface area contributed by atoms with E-state index < -0.39 is 0 Å². The van der Waals surface area contributed by atoms with Crippen molar-refractivity contribution in [3.05, 3.63) is 0 Å². The summed E-state index contributed by atoms with van der Waals surface area (Å²) in [4.78, 5) is 20.2. The van der Waals surface area contributed by atoms with Crippen molar-refractivity contribution < 1.29 is 14.3 Å². The van der Waals surface area contributed by atoms with Crippen molar-refractivity contribution in [2.75, 3.05) is 53.5 Å². The molecule has 8 heteroatoms. The molecule has 0 aromatic heterocycles. The van der Waals surface area contributed by atoms with E-state index >= 15 is 0 Å². The highest BCUT2D eigenvalue weighted by Crippen LogP contribution is 2.18. The molecule has 2 aliphatic rings. The van der Waals surface area contributed by atoms with Crippen molar-refractivity contribution in [3.8, 4) is 0 Å². The Labute approximate surface area is 181 Å². The second-order valence-electron chi connectivity index (χ2n) is 7.36. The zero-order valence-corrected chi connectivity index (χ0v) is 19.4. The largest absolute Gasteiger partial charge is 0.376 e. The summed E-state index contributed by atoms with van der Waals surface area (Å²) < 4.78 is 11.8. The number of halogens is 1. The monoisotopic (exact) mass is 496 g/mol. The second kappa shape index (κ2) is 13.5. The molecule has 158 valence electrons. The molecule has 0 saturated carbocycles. The van der Waals surface area contributed by atoms with Crippen LogP contribution in [0, 0.1) is 0 Å². The van der Waals surface area contributed by atoms with E-state index in [0.717, 1.165) is 64.5 Å². The maximum Gasteiger partial charge on any atom is 0.243 e. The lowest BCUT2D eigenvalue weighted by Crippen LogP contribution is -2.48. The number of guanidine groups is 1. The van der Waals surface area contributed by atoms with Gasteiger partial charge in [-0.05, 0) is 38.5 Å². The second-order valence-corrected chi connectivity index (χ2v) is 7.36. The molecule has 0 aromatic rings. The van der Waals surface area contributed by atoms with E-state index in [1.807, 2.05) is 0 Å². The maximum absolute atomic E-state index is 11.8. The van der Waals surface area contributed by atoms with Crippen LogP contribution in [0.25, 0.3) is 0 Å². The Bertz CT molecular complexity index is 448. The van der Waals surface area contributed by atoms with Gasteiger partial charge in [0.1, 0.15) is 6.54 Å². The lowest BCUT2D eigenvalue weighted by molar-refractivity contribution is -0.127. The molecular formula is C19H37IN4O3. The van der Waals surface area contributed by atoms with Crippen LogP contribution in [-0.4, -0.2) is 87.4 Å². The fourth-order valence-electron chi connectivity index (χ4n) is 3.20. The molecule has 2 aliphatic heterocycles. The van der Waals surface area contributed by atoms with Gasteiger partial charge < -0.3 is 24.6 Å². The Balaban J connectivity index is 0.00000364. The van der Waals surface area contributed by atoms with Crippen LogP contribution in [0.15, 0.2) is 4.99 Å². The van der Waals surface area contributed by atoms with Gasteiger partial charge in [-0.25, -0.2) is 4.99 Å². The zero-order chi connectivity index (χ0) is 18.8. The number of likely N-dealkylation sites (tertiary alicyclic amines) is 1. The summed E-state index contributed by atoms with van der Waals surface area (Å²) in [6.07, 6.45) is 7.13. The van der Waals surface area contributed by atoms with Gasteiger partial charge in [0, 0.05) is 40.3 Å². The molecule has 0 spiro atoms. The molecule has 1 unspecified atom stereocenters. The zero-order valence-electron chi connectivity index (χ0n) is 17.1. The number of nitrogens with one attached hydrogen (secondary N) is 1. The number of likely N-dealkylation sites (N-methyl/N-ethyl adjacent to an activating group) is 1. The quantitative estimate of drug-likeness (QED) is 0.332. The van der Waals surface area contributed by atoms with Crippen LogP contribution in [0.5, 0.6) is 0 Å². The first-order valence-corrected chi connectivity index (χ1v) is 10.1. The van der Waals surface area contributed by atoms with Crippen LogP contribution in [-0.2, 0) is 14.3 Å². The van der Waals surface area contributed by atoms with E-state index in [9.17, 15) is 4.79 Å². The molecule has 1 atom stereocenters. The normalized spacial score (nSPS) is 21.5. The van der Waals surface area contributed by atoms with Crippen molar-refractivity contribution in [1.82, 2.24) is 15.1 Å². The predicted molar refractivity (Wildman–Crippen MR) is 119 cm³/mol. The predicted octanol–water partition coefficient (Wildman–Crippen LogP) is 2.10. The van der Waals surface area contributed by atoms with Gasteiger partial charge in [0.15, 0.2) is 5.96 Å². The molecule has 0 bridgehead atoms. The van der Waals surface area contributed by atoms with Gasteiger partial charge in [0.25, 0.3) is 0 Å². The lowest BCUT2D eigenvalue weighted by Gasteiger charge is -2.35. The molecule has 1 amide bonds. The van der Waals surface area contributed by atoms with Crippen molar-refractivity contribution in [2.24, 2.45) is 4.99 Å². The SMILES string of the molecule is CCCNC(=NCC(=O)N(C)C)N1CCC(OCC2CCCCO2)CC1.I. The summed E-state index contributed by atoms with van der Waals surface area (Å²) in [5.74, 6) is 0.864. The van der Waals surface area contributed by atoms with Gasteiger partial charge in [-0.1, -0.05) is 6.92 Å². The smallest absolute Gasteiger partial charge is 0.243 e. The highest BCUT2D eigenvalue weighted by molar-refractivity contribution is 14.0. The van der Waals surface area contributed by atoms with Gasteiger partial charge in [0.2, 0.25) is 5.91 Å². The first-order chi connectivity index (χ1) is 12.6. The summed E-state index contributed by atoms with van der Waals surface area (Å²) in [6, 6.07) is 0. The van der Waals surface area contributed by atoms with Gasteiger partial charge in [-0.15, -0.1) is 24.0 Å². The number of piperidine rings is 1. The van der Waals surface area contributed by atoms with E-state index in [4.69, 9.17) is 9.47 Å². The molecule has 27 heavy (non-hydrogen) atoms. The third-order valence-electron chi connectivity index (χ3n) is 4.93. The molecule has 2 rings (SSSR count). The summed E-state index contributed by atoms with van der Waals surface area (Å²) in [5, 5.41) is 3.38. The van der Waals surface area contributed by atoms with Crippen LogP contribution in [0.1, 0.15) is 45.4 Å². The summed E-state index contributed by atoms with van der Waals surface area (Å²) in [7, 11) is 3.52. The van der Waals surface area contributed by atoms with Crippen molar-refractivity contribution in [3.63, 3.8) is 0 Å². The average molecular weight is 496 g/mol. The van der Waals surface area contributed by atoms with Gasteiger partial charge in [-0.2, -0.15) is 0 Å². The van der Waals surface area contributed by atoms with E-state index in [2.05, 4.69) is 22.1 Å². The average Bonchev–Trinajstić information content (AvgIpc) is 2.67. The van der Waals surface area contributed by atoms with E-state index in [0.29, 0.717) is 6.10 Å². The molecule has 0 aromatic carbocycles. The standard InChI is InChI=1S/C19H36N4O3.HI/c1-4-10-20-19(21-14-18(24)22(2)3)23-11-8-16(9-12-23)26-15-17-7-5-6-13-25-17;/h16-17H,4-15H2,1-3H3,(H,20,21);1H. The van der Waals surface area contributed by atoms with Gasteiger partial charge in [-0.3, -0.25) is 4.79 Å². The molecule has 0 aliphatic carbocycles. The van der Waals surface area contributed by atoms with Gasteiger partial charge in [0.05, 0.1) is 18.8 Å².